The molecule has 178 valence electrons. The Kier molecular flexibility index (Phi) is 8.19. The van der Waals surface area contributed by atoms with Gasteiger partial charge in [-0.15, -0.1) is 4.72 Å². The van der Waals surface area contributed by atoms with Crippen LogP contribution in [-0.4, -0.2) is 15.0 Å². The maximum absolute atomic E-state index is 13.4. The Hall–Kier alpha value is -3.18. The molecule has 35 heavy (non-hydrogen) atoms. The van der Waals surface area contributed by atoms with E-state index in [2.05, 4.69) is 53.3 Å². The van der Waals surface area contributed by atoms with Crippen molar-refractivity contribution in [2.75, 3.05) is 0 Å². The van der Waals surface area contributed by atoms with Gasteiger partial charge in [0.15, 0.2) is 0 Å². The summed E-state index contributed by atoms with van der Waals surface area (Å²) in [6.07, 6.45) is 0. The Morgan fingerprint density at radius 1 is 0.657 bits per heavy atom. The molecule has 0 amide bonds. The first-order valence-electron chi connectivity index (χ1n) is 11.9. The van der Waals surface area contributed by atoms with E-state index in [4.69, 9.17) is 4.99 Å². The normalized spacial score (nSPS) is 14.1. The van der Waals surface area contributed by atoms with Crippen molar-refractivity contribution in [3.63, 3.8) is 0 Å². The average molecular weight is 481 g/mol. The number of nitrogens with zero attached hydrogens (tertiary/aromatic N) is 1. The lowest BCUT2D eigenvalue weighted by molar-refractivity contribution is 0.487. The molecule has 0 spiro atoms. The van der Waals surface area contributed by atoms with Crippen LogP contribution in [-0.2, 0) is 11.4 Å². The summed E-state index contributed by atoms with van der Waals surface area (Å²) in [4.78, 5) is 5.42. The van der Waals surface area contributed by atoms with Crippen molar-refractivity contribution in [3.05, 3.63) is 144 Å². The highest BCUT2D eigenvalue weighted by molar-refractivity contribution is 7.90. The Morgan fingerprint density at radius 3 is 1.49 bits per heavy atom. The van der Waals surface area contributed by atoms with E-state index < -0.39 is 16.1 Å². The van der Waals surface area contributed by atoms with Crippen molar-refractivity contribution in [1.29, 1.82) is 0 Å². The van der Waals surface area contributed by atoms with Gasteiger partial charge in [-0.05, 0) is 31.9 Å². The average Bonchev–Trinajstić information content (AvgIpc) is 2.90. The molecule has 3 nitrogen and oxygen atoms in total. The third-order valence-electron chi connectivity index (χ3n) is 5.77. The Labute approximate surface area is 212 Å². The molecule has 3 unspecified atom stereocenters. The van der Waals surface area contributed by atoms with Gasteiger partial charge in [-0.2, -0.15) is 0 Å². The van der Waals surface area contributed by atoms with Crippen LogP contribution in [0.4, 0.5) is 0 Å². The number of nitrogens with one attached hydrogen (secondary N) is 1. The van der Waals surface area contributed by atoms with E-state index in [-0.39, 0.29) is 12.1 Å². The van der Waals surface area contributed by atoms with Gasteiger partial charge in [0.2, 0.25) is 0 Å². The van der Waals surface area contributed by atoms with Gasteiger partial charge in [0.05, 0.1) is 11.8 Å². The van der Waals surface area contributed by atoms with Gasteiger partial charge < -0.3 is 4.55 Å². The van der Waals surface area contributed by atoms with Gasteiger partial charge in [-0.1, -0.05) is 121 Å². The van der Waals surface area contributed by atoms with Crippen molar-refractivity contribution < 1.29 is 4.55 Å². The zero-order valence-corrected chi connectivity index (χ0v) is 21.3. The van der Waals surface area contributed by atoms with E-state index in [9.17, 15) is 4.55 Å². The molecular formula is C31H32N2OS. The lowest BCUT2D eigenvalue weighted by Gasteiger charge is -2.31. The van der Waals surface area contributed by atoms with E-state index in [0.29, 0.717) is 0 Å². The molecule has 0 aromatic heterocycles. The van der Waals surface area contributed by atoms with E-state index in [1.54, 1.807) is 0 Å². The molecule has 0 aliphatic heterocycles. The van der Waals surface area contributed by atoms with E-state index in [1.807, 2.05) is 93.6 Å². The van der Waals surface area contributed by atoms with Gasteiger partial charge in [0, 0.05) is 22.5 Å². The standard InChI is InChI=1S/C31H32N2OS/c1-31(2,3)35(34)33-30(27-22-14-7-15-23-27)29(26-20-12-6-13-21-26)32-28(24-16-8-4-9-17-24)25-18-10-5-11-19-25/h4-23,29-30,33H,1-3H3. The largest absolute Gasteiger partial charge is 0.598 e. The third-order valence-corrected chi connectivity index (χ3v) is 7.35. The summed E-state index contributed by atoms with van der Waals surface area (Å²) in [5.74, 6) is 0. The van der Waals surface area contributed by atoms with Crippen LogP contribution in [0, 0.1) is 0 Å². The minimum Gasteiger partial charge on any atom is -0.598 e. The molecule has 0 aliphatic rings. The molecule has 4 aromatic carbocycles. The van der Waals surface area contributed by atoms with Crippen LogP contribution in [0.25, 0.3) is 0 Å². The first-order chi connectivity index (χ1) is 16.9. The predicted octanol–water partition coefficient (Wildman–Crippen LogP) is 7.06. The second-order valence-corrected chi connectivity index (χ2v) is 11.5. The number of hydrogen-bond donors (Lipinski definition) is 1. The Bertz CT molecular complexity index is 1170. The summed E-state index contributed by atoms with van der Waals surface area (Å²) < 4.78 is 16.4. The van der Waals surface area contributed by atoms with Crippen LogP contribution < -0.4 is 4.72 Å². The Morgan fingerprint density at radius 2 is 1.06 bits per heavy atom. The third kappa shape index (κ3) is 6.49. The SMILES string of the molecule is CC(C)(C)[S+]([O-])NC(c1ccccc1)C(N=C(c1ccccc1)c1ccccc1)c1ccccc1. The van der Waals surface area contributed by atoms with Gasteiger partial charge in [-0.3, -0.25) is 4.99 Å². The molecule has 0 saturated heterocycles. The molecule has 1 N–H and O–H groups in total. The minimum absolute atomic E-state index is 0.291. The van der Waals surface area contributed by atoms with Crippen LogP contribution in [0.3, 0.4) is 0 Å². The van der Waals surface area contributed by atoms with Crippen molar-refractivity contribution in [2.24, 2.45) is 4.99 Å². The molecule has 4 rings (SSSR count). The van der Waals surface area contributed by atoms with E-state index >= 15 is 0 Å². The number of rotatable bonds is 8. The summed E-state index contributed by atoms with van der Waals surface area (Å²) in [6.45, 7) is 5.95. The molecule has 3 atom stereocenters. The zero-order valence-electron chi connectivity index (χ0n) is 20.5. The summed E-state index contributed by atoms with van der Waals surface area (Å²) in [5.41, 5.74) is 5.10. The van der Waals surface area contributed by atoms with Crippen molar-refractivity contribution in [1.82, 2.24) is 4.72 Å². The number of aliphatic imine (C=N–C) groups is 1. The van der Waals surface area contributed by atoms with Gasteiger partial charge in [-0.25, -0.2) is 0 Å². The molecule has 0 saturated carbocycles. The summed E-state index contributed by atoms with van der Waals surface area (Å²) in [6, 6.07) is 40.4. The fourth-order valence-electron chi connectivity index (χ4n) is 3.91. The second-order valence-electron chi connectivity index (χ2n) is 9.45. The van der Waals surface area contributed by atoms with Gasteiger partial charge >= 0.3 is 0 Å². The fourth-order valence-corrected chi connectivity index (χ4v) is 4.76. The van der Waals surface area contributed by atoms with Crippen molar-refractivity contribution in [3.8, 4) is 0 Å². The first-order valence-corrected chi connectivity index (χ1v) is 13.0. The molecule has 0 heterocycles. The highest BCUT2D eigenvalue weighted by Gasteiger charge is 2.34. The van der Waals surface area contributed by atoms with Gasteiger partial charge in [0.1, 0.15) is 10.8 Å². The zero-order chi connectivity index (χ0) is 24.7. The van der Waals surface area contributed by atoms with Crippen LogP contribution >= 0.6 is 0 Å². The van der Waals surface area contributed by atoms with Crippen LogP contribution in [0.2, 0.25) is 0 Å². The summed E-state index contributed by atoms with van der Waals surface area (Å²) >= 11 is -1.29. The highest BCUT2D eigenvalue weighted by atomic mass is 32.2. The fraction of sp³-hybridized carbons (Fsp3) is 0.194. The number of hydrogen-bond acceptors (Lipinski definition) is 3. The van der Waals surface area contributed by atoms with Crippen LogP contribution in [0.1, 0.15) is 55.1 Å². The molecule has 0 aliphatic carbocycles. The maximum atomic E-state index is 13.4. The van der Waals surface area contributed by atoms with Crippen LogP contribution in [0.15, 0.2) is 126 Å². The topological polar surface area (TPSA) is 47.4 Å². The summed E-state index contributed by atoms with van der Waals surface area (Å²) in [7, 11) is 0. The van der Waals surface area contributed by atoms with Gasteiger partial charge in [0.25, 0.3) is 0 Å². The van der Waals surface area contributed by atoms with Crippen LogP contribution in [0.5, 0.6) is 0 Å². The Balaban J connectivity index is 1.91. The molecule has 4 aromatic rings. The summed E-state index contributed by atoms with van der Waals surface area (Å²) in [5, 5.41) is 0. The molecule has 0 bridgehead atoms. The lowest BCUT2D eigenvalue weighted by Crippen LogP contribution is -2.42. The monoisotopic (exact) mass is 480 g/mol. The predicted molar refractivity (Wildman–Crippen MR) is 148 cm³/mol. The smallest absolute Gasteiger partial charge is 0.136 e. The maximum Gasteiger partial charge on any atom is 0.136 e. The minimum atomic E-state index is -1.29. The quantitative estimate of drug-likeness (QED) is 0.217. The second kappa shape index (κ2) is 11.5. The van der Waals surface area contributed by atoms with E-state index in [1.165, 1.54) is 0 Å². The molecular weight excluding hydrogens is 448 g/mol. The van der Waals surface area contributed by atoms with Crippen molar-refractivity contribution >= 4 is 17.1 Å². The molecule has 0 fully saturated rings. The highest BCUT2D eigenvalue weighted by Crippen LogP contribution is 2.35. The first kappa shape index (κ1) is 24.9. The lowest BCUT2D eigenvalue weighted by atomic mass is 9.93. The van der Waals surface area contributed by atoms with Crippen molar-refractivity contribution in [2.45, 2.75) is 37.6 Å². The number of benzene rings is 4. The molecule has 4 heteroatoms. The van der Waals surface area contributed by atoms with E-state index in [0.717, 1.165) is 28.0 Å². The molecule has 0 radical (unpaired) electrons.